The number of nitrogens with one attached hydrogen (secondary N) is 1. The van der Waals surface area contributed by atoms with E-state index in [-0.39, 0.29) is 16.6 Å². The molecule has 0 saturated heterocycles. The van der Waals surface area contributed by atoms with Crippen LogP contribution in [0.2, 0.25) is 5.28 Å². The molecule has 1 N–H and O–H groups in total. The van der Waals surface area contributed by atoms with Crippen molar-refractivity contribution < 1.29 is 9.53 Å². The van der Waals surface area contributed by atoms with Crippen LogP contribution in [-0.4, -0.2) is 22.4 Å². The molecular weight excluding hydrogens is 290 g/mol. The van der Waals surface area contributed by atoms with Crippen molar-refractivity contribution in [2.45, 2.75) is 19.3 Å². The fraction of sp³-hybridized carbons (Fsp3) is 0.267. The second-order valence-electron chi connectivity index (χ2n) is 5.54. The van der Waals surface area contributed by atoms with E-state index in [1.807, 2.05) is 6.07 Å². The minimum absolute atomic E-state index is 0.0547. The van der Waals surface area contributed by atoms with Crippen LogP contribution < -0.4 is 10.1 Å². The number of amides is 1. The summed E-state index contributed by atoms with van der Waals surface area (Å²) in [5, 5.41) is 3.02. The second-order valence-corrected chi connectivity index (χ2v) is 5.88. The molecular formula is C15H14ClN3O2. The monoisotopic (exact) mass is 303 g/mol. The second kappa shape index (κ2) is 5.00. The number of fused-ring (bicyclic) bond motifs is 1. The Labute approximate surface area is 127 Å². The van der Waals surface area contributed by atoms with E-state index in [2.05, 4.69) is 29.1 Å². The van der Waals surface area contributed by atoms with Gasteiger partial charge in [0.15, 0.2) is 0 Å². The first-order chi connectivity index (χ1) is 9.95. The third-order valence-electron chi connectivity index (χ3n) is 3.48. The van der Waals surface area contributed by atoms with Crippen LogP contribution in [0.4, 0.5) is 0 Å². The lowest BCUT2D eigenvalue weighted by Gasteiger charge is -2.32. The summed E-state index contributed by atoms with van der Waals surface area (Å²) in [4.78, 5) is 19.7. The van der Waals surface area contributed by atoms with Crippen LogP contribution in [0.25, 0.3) is 0 Å². The minimum atomic E-state index is -0.147. The van der Waals surface area contributed by atoms with E-state index in [1.54, 1.807) is 18.2 Å². The largest absolute Gasteiger partial charge is 0.439 e. The summed E-state index contributed by atoms with van der Waals surface area (Å²) in [5.41, 5.74) is 1.49. The van der Waals surface area contributed by atoms with E-state index in [0.717, 1.165) is 5.56 Å². The van der Waals surface area contributed by atoms with E-state index in [0.29, 0.717) is 23.7 Å². The zero-order valence-electron chi connectivity index (χ0n) is 11.7. The summed E-state index contributed by atoms with van der Waals surface area (Å²) < 4.78 is 5.69. The molecule has 5 nitrogen and oxygen atoms in total. The molecule has 108 valence electrons. The quantitative estimate of drug-likeness (QED) is 0.866. The van der Waals surface area contributed by atoms with Gasteiger partial charge in [-0.3, -0.25) is 4.79 Å². The van der Waals surface area contributed by atoms with Crippen LogP contribution in [0.5, 0.6) is 11.6 Å². The Balaban J connectivity index is 1.97. The fourth-order valence-electron chi connectivity index (χ4n) is 2.33. The Morgan fingerprint density at radius 3 is 2.90 bits per heavy atom. The van der Waals surface area contributed by atoms with Crippen LogP contribution >= 0.6 is 11.6 Å². The van der Waals surface area contributed by atoms with Crippen LogP contribution in [0.1, 0.15) is 29.8 Å². The van der Waals surface area contributed by atoms with Gasteiger partial charge in [0.2, 0.25) is 11.2 Å². The molecule has 0 atom stereocenters. The summed E-state index contributed by atoms with van der Waals surface area (Å²) in [6.07, 6.45) is 1.53. The number of rotatable bonds is 2. The SMILES string of the molecule is CC1(C)CNC(=O)c2ccc(Oc3ccnc(Cl)n3)cc21. The number of ether oxygens (including phenoxy) is 1. The van der Waals surface area contributed by atoms with Crippen molar-refractivity contribution in [3.63, 3.8) is 0 Å². The van der Waals surface area contributed by atoms with Crippen molar-refractivity contribution >= 4 is 17.5 Å². The number of nitrogens with zero attached hydrogens (tertiary/aromatic N) is 2. The van der Waals surface area contributed by atoms with E-state index in [1.165, 1.54) is 6.20 Å². The standard InChI is InChI=1S/C15H14ClN3O2/c1-15(2)8-18-13(20)10-4-3-9(7-11(10)15)21-12-5-6-17-14(16)19-12/h3-7H,8H2,1-2H3,(H,18,20). The Morgan fingerprint density at radius 2 is 2.14 bits per heavy atom. The van der Waals surface area contributed by atoms with Crippen molar-refractivity contribution in [2.75, 3.05) is 6.54 Å². The van der Waals surface area contributed by atoms with Crippen LogP contribution in [-0.2, 0) is 5.41 Å². The summed E-state index contributed by atoms with van der Waals surface area (Å²) >= 11 is 5.74. The minimum Gasteiger partial charge on any atom is -0.439 e. The molecule has 0 saturated carbocycles. The average Bonchev–Trinajstić information content (AvgIpc) is 2.44. The molecule has 0 fully saturated rings. The number of benzene rings is 1. The lowest BCUT2D eigenvalue weighted by Crippen LogP contribution is -2.43. The predicted octanol–water partition coefficient (Wildman–Crippen LogP) is 2.94. The van der Waals surface area contributed by atoms with Gasteiger partial charge in [-0.15, -0.1) is 0 Å². The molecule has 1 aliphatic rings. The third-order valence-corrected chi connectivity index (χ3v) is 3.66. The highest BCUT2D eigenvalue weighted by molar-refractivity contribution is 6.28. The molecule has 1 aromatic carbocycles. The van der Waals surface area contributed by atoms with Gasteiger partial charge >= 0.3 is 0 Å². The van der Waals surface area contributed by atoms with Gasteiger partial charge < -0.3 is 10.1 Å². The summed E-state index contributed by atoms with van der Waals surface area (Å²) in [7, 11) is 0. The highest BCUT2D eigenvalue weighted by Crippen LogP contribution is 2.33. The predicted molar refractivity (Wildman–Crippen MR) is 78.9 cm³/mol. The van der Waals surface area contributed by atoms with Gasteiger partial charge in [-0.2, -0.15) is 4.98 Å². The van der Waals surface area contributed by atoms with E-state index < -0.39 is 0 Å². The number of aromatic nitrogens is 2. The van der Waals surface area contributed by atoms with Crippen molar-refractivity contribution in [3.8, 4) is 11.6 Å². The van der Waals surface area contributed by atoms with Crippen LogP contribution in [0.15, 0.2) is 30.5 Å². The van der Waals surface area contributed by atoms with E-state index in [9.17, 15) is 4.79 Å². The average molecular weight is 304 g/mol. The van der Waals surface area contributed by atoms with Gasteiger partial charge in [0, 0.05) is 29.8 Å². The maximum Gasteiger partial charge on any atom is 0.251 e. The Bertz CT molecular complexity index is 716. The maximum atomic E-state index is 11.9. The summed E-state index contributed by atoms with van der Waals surface area (Å²) in [5.74, 6) is 0.931. The first-order valence-electron chi connectivity index (χ1n) is 6.55. The molecule has 21 heavy (non-hydrogen) atoms. The van der Waals surface area contributed by atoms with E-state index in [4.69, 9.17) is 16.3 Å². The van der Waals surface area contributed by atoms with Gasteiger partial charge in [0.1, 0.15) is 5.75 Å². The number of halogens is 1. The van der Waals surface area contributed by atoms with Gasteiger partial charge in [-0.05, 0) is 35.4 Å². The fourth-order valence-corrected chi connectivity index (χ4v) is 2.47. The molecule has 2 heterocycles. The van der Waals surface area contributed by atoms with Crippen LogP contribution in [0, 0.1) is 0 Å². The molecule has 0 bridgehead atoms. The molecule has 1 amide bonds. The molecule has 1 aromatic heterocycles. The molecule has 6 heteroatoms. The first kappa shape index (κ1) is 13.8. The molecule has 0 radical (unpaired) electrons. The zero-order valence-corrected chi connectivity index (χ0v) is 12.4. The molecule has 1 aliphatic heterocycles. The number of hydrogen-bond donors (Lipinski definition) is 1. The summed E-state index contributed by atoms with van der Waals surface area (Å²) in [6, 6.07) is 7.02. The van der Waals surface area contributed by atoms with Crippen LogP contribution in [0.3, 0.4) is 0 Å². The third kappa shape index (κ3) is 2.69. The maximum absolute atomic E-state index is 11.9. The molecule has 3 rings (SSSR count). The highest BCUT2D eigenvalue weighted by atomic mass is 35.5. The van der Waals surface area contributed by atoms with E-state index >= 15 is 0 Å². The Hall–Kier alpha value is -2.14. The molecule has 0 spiro atoms. The number of carbonyl (C=O) groups excluding carboxylic acids is 1. The number of carbonyl (C=O) groups is 1. The van der Waals surface area contributed by atoms with Crippen molar-refractivity contribution in [3.05, 3.63) is 46.9 Å². The normalized spacial score (nSPS) is 16.0. The lowest BCUT2D eigenvalue weighted by atomic mass is 9.79. The Kier molecular flexibility index (Phi) is 3.29. The van der Waals surface area contributed by atoms with Gasteiger partial charge in [-0.1, -0.05) is 13.8 Å². The smallest absolute Gasteiger partial charge is 0.251 e. The van der Waals surface area contributed by atoms with Crippen molar-refractivity contribution in [1.82, 2.24) is 15.3 Å². The lowest BCUT2D eigenvalue weighted by molar-refractivity contribution is 0.0930. The van der Waals surface area contributed by atoms with Gasteiger partial charge in [0.05, 0.1) is 0 Å². The topological polar surface area (TPSA) is 64.1 Å². The first-order valence-corrected chi connectivity index (χ1v) is 6.93. The van der Waals surface area contributed by atoms with Crippen molar-refractivity contribution in [2.24, 2.45) is 0 Å². The van der Waals surface area contributed by atoms with Gasteiger partial charge in [-0.25, -0.2) is 4.98 Å². The molecule has 0 aliphatic carbocycles. The zero-order chi connectivity index (χ0) is 15.0. The summed E-state index contributed by atoms with van der Waals surface area (Å²) in [6.45, 7) is 4.76. The molecule has 2 aromatic rings. The molecule has 0 unspecified atom stereocenters. The Morgan fingerprint density at radius 1 is 1.33 bits per heavy atom. The highest BCUT2D eigenvalue weighted by Gasteiger charge is 2.31. The number of hydrogen-bond acceptors (Lipinski definition) is 4. The van der Waals surface area contributed by atoms with Crippen molar-refractivity contribution in [1.29, 1.82) is 0 Å². The van der Waals surface area contributed by atoms with Gasteiger partial charge in [0.25, 0.3) is 5.91 Å².